The molecule has 0 radical (unpaired) electrons. The van der Waals surface area contributed by atoms with Crippen molar-refractivity contribution in [2.45, 2.75) is 31.8 Å². The average molecular weight is 554 g/mol. The molecule has 0 bridgehead atoms. The second-order valence-corrected chi connectivity index (χ2v) is 11.8. The number of carbonyl (C=O) groups is 2. The number of pyridine rings is 1. The molecule has 3 saturated heterocycles. The molecule has 4 aliphatic rings. The van der Waals surface area contributed by atoms with Crippen LogP contribution in [0.4, 0.5) is 10.2 Å². The van der Waals surface area contributed by atoms with E-state index in [1.54, 1.807) is 28.0 Å². The fraction of sp³-hybridized carbons (Fsp3) is 0.483. The van der Waals surface area contributed by atoms with Crippen molar-refractivity contribution in [3.63, 3.8) is 0 Å². The number of fused-ring (bicyclic) bond motifs is 2. The van der Waals surface area contributed by atoms with Gasteiger partial charge in [0.2, 0.25) is 5.91 Å². The zero-order chi connectivity index (χ0) is 27.5. The summed E-state index contributed by atoms with van der Waals surface area (Å²) in [5, 5.41) is 0.119. The maximum absolute atomic E-state index is 15.0. The second kappa shape index (κ2) is 9.78. The SMILES string of the molecule is C=CC(=O)N1CCN2C(=O)c3c(N4CC5(CCN(C)C5)C[C@@H]4C)nc(-c4ccccc4F)c(Cl)c3OCC2C1. The van der Waals surface area contributed by atoms with Crippen LogP contribution < -0.4 is 9.64 Å². The first-order valence-electron chi connectivity index (χ1n) is 13.5. The predicted molar refractivity (Wildman–Crippen MR) is 148 cm³/mol. The van der Waals surface area contributed by atoms with Crippen molar-refractivity contribution in [2.75, 3.05) is 57.8 Å². The van der Waals surface area contributed by atoms with E-state index in [0.717, 1.165) is 32.5 Å². The van der Waals surface area contributed by atoms with Crippen molar-refractivity contribution in [1.29, 1.82) is 0 Å². The Balaban J connectivity index is 1.48. The summed E-state index contributed by atoms with van der Waals surface area (Å²) in [5.41, 5.74) is 0.945. The van der Waals surface area contributed by atoms with E-state index in [-0.39, 0.29) is 57.9 Å². The Bertz CT molecular complexity index is 1350. The lowest BCUT2D eigenvalue weighted by atomic mass is 9.85. The number of hydrogen-bond acceptors (Lipinski definition) is 6. The van der Waals surface area contributed by atoms with E-state index in [0.29, 0.717) is 31.0 Å². The van der Waals surface area contributed by atoms with Gasteiger partial charge in [-0.1, -0.05) is 30.3 Å². The Labute approximate surface area is 233 Å². The maximum atomic E-state index is 15.0. The van der Waals surface area contributed by atoms with E-state index in [2.05, 4.69) is 30.4 Å². The van der Waals surface area contributed by atoms with Gasteiger partial charge >= 0.3 is 0 Å². The van der Waals surface area contributed by atoms with Crippen molar-refractivity contribution in [3.05, 3.63) is 53.3 Å². The smallest absolute Gasteiger partial charge is 0.261 e. The Kier molecular flexibility index (Phi) is 6.54. The van der Waals surface area contributed by atoms with Gasteiger partial charge in [-0.3, -0.25) is 9.59 Å². The van der Waals surface area contributed by atoms with E-state index in [4.69, 9.17) is 21.3 Å². The summed E-state index contributed by atoms with van der Waals surface area (Å²) in [6.07, 6.45) is 3.34. The van der Waals surface area contributed by atoms with Crippen molar-refractivity contribution in [1.82, 2.24) is 19.7 Å². The number of likely N-dealkylation sites (tertiary alicyclic amines) is 1. The first-order chi connectivity index (χ1) is 18.7. The molecule has 1 spiro atoms. The number of benzene rings is 1. The van der Waals surface area contributed by atoms with Gasteiger partial charge in [0, 0.05) is 49.7 Å². The minimum Gasteiger partial charge on any atom is -0.489 e. The monoisotopic (exact) mass is 553 g/mol. The summed E-state index contributed by atoms with van der Waals surface area (Å²) in [7, 11) is 2.14. The highest BCUT2D eigenvalue weighted by Gasteiger charge is 2.48. The van der Waals surface area contributed by atoms with Crippen LogP contribution in [0.25, 0.3) is 11.3 Å². The average Bonchev–Trinajstić information content (AvgIpc) is 3.41. The summed E-state index contributed by atoms with van der Waals surface area (Å²) >= 11 is 6.90. The van der Waals surface area contributed by atoms with Gasteiger partial charge in [0.1, 0.15) is 28.8 Å². The van der Waals surface area contributed by atoms with Gasteiger partial charge in [0.25, 0.3) is 5.91 Å². The lowest BCUT2D eigenvalue weighted by Gasteiger charge is -2.39. The second-order valence-electron chi connectivity index (χ2n) is 11.4. The molecule has 39 heavy (non-hydrogen) atoms. The Morgan fingerprint density at radius 2 is 2.03 bits per heavy atom. The van der Waals surface area contributed by atoms with Crippen molar-refractivity contribution < 1.29 is 18.7 Å². The first kappa shape index (κ1) is 26.1. The molecular formula is C29H33ClFN5O3. The molecular weight excluding hydrogens is 521 g/mol. The van der Waals surface area contributed by atoms with Crippen LogP contribution >= 0.6 is 11.6 Å². The normalized spacial score (nSPS) is 26.9. The molecule has 3 atom stereocenters. The highest BCUT2D eigenvalue weighted by molar-refractivity contribution is 6.35. The third kappa shape index (κ3) is 4.36. The quantitative estimate of drug-likeness (QED) is 0.540. The number of carbonyl (C=O) groups excluding carboxylic acids is 2. The van der Waals surface area contributed by atoms with Crippen LogP contribution in [0.2, 0.25) is 5.02 Å². The third-order valence-electron chi connectivity index (χ3n) is 8.74. The van der Waals surface area contributed by atoms with E-state index in [1.165, 1.54) is 12.1 Å². The molecule has 4 aliphatic heterocycles. The number of hydrogen-bond donors (Lipinski definition) is 0. The number of rotatable bonds is 3. The van der Waals surface area contributed by atoms with E-state index < -0.39 is 5.82 Å². The molecule has 10 heteroatoms. The fourth-order valence-corrected chi connectivity index (χ4v) is 7.16. The van der Waals surface area contributed by atoms with Crippen LogP contribution in [0.3, 0.4) is 0 Å². The topological polar surface area (TPSA) is 69.2 Å². The lowest BCUT2D eigenvalue weighted by Crippen LogP contribution is -2.57. The highest BCUT2D eigenvalue weighted by atomic mass is 35.5. The highest BCUT2D eigenvalue weighted by Crippen LogP contribution is 2.49. The zero-order valence-electron chi connectivity index (χ0n) is 22.3. The van der Waals surface area contributed by atoms with Crippen LogP contribution in [0.15, 0.2) is 36.9 Å². The van der Waals surface area contributed by atoms with Crippen LogP contribution in [0.1, 0.15) is 30.1 Å². The standard InChI is InChI=1S/C29H33ClFN5O3/c1-4-22(37)34-11-12-35-19(14-34)15-39-26-23(28(35)38)27(32-25(24(26)30)20-7-5-6-8-21(20)31)36-17-29(13-18(36)2)9-10-33(3)16-29/h4-8,18-19H,1,9-17H2,2-3H3/t18-,19?,29?/m0/s1. The Morgan fingerprint density at radius 3 is 2.74 bits per heavy atom. The molecule has 2 unspecified atom stereocenters. The van der Waals surface area contributed by atoms with Crippen molar-refractivity contribution in [2.24, 2.45) is 5.41 Å². The van der Waals surface area contributed by atoms with Crippen molar-refractivity contribution in [3.8, 4) is 17.0 Å². The summed E-state index contributed by atoms with van der Waals surface area (Å²) in [5.74, 6) is -0.125. The molecule has 5 heterocycles. The summed E-state index contributed by atoms with van der Waals surface area (Å²) in [4.78, 5) is 39.5. The maximum Gasteiger partial charge on any atom is 0.261 e. The van der Waals surface area contributed by atoms with Gasteiger partial charge in [0.05, 0.1) is 11.7 Å². The summed E-state index contributed by atoms with van der Waals surface area (Å²) < 4.78 is 21.3. The molecule has 0 saturated carbocycles. The number of nitrogens with zero attached hydrogens (tertiary/aromatic N) is 5. The van der Waals surface area contributed by atoms with E-state index in [9.17, 15) is 9.59 Å². The number of amides is 2. The molecule has 3 fully saturated rings. The predicted octanol–water partition coefficient (Wildman–Crippen LogP) is 3.69. The molecule has 2 aromatic rings. The summed E-state index contributed by atoms with van der Waals surface area (Å²) in [6, 6.07) is 6.14. The van der Waals surface area contributed by atoms with Gasteiger partial charge in [0.15, 0.2) is 5.75 Å². The number of halogens is 2. The molecule has 1 aromatic carbocycles. The minimum absolute atomic E-state index is 0.106. The number of piperazine rings is 1. The van der Waals surface area contributed by atoms with Gasteiger partial charge in [-0.25, -0.2) is 9.37 Å². The number of ether oxygens (including phenoxy) is 1. The van der Waals surface area contributed by atoms with Crippen LogP contribution in [-0.4, -0.2) is 96.5 Å². The molecule has 6 rings (SSSR count). The van der Waals surface area contributed by atoms with Crippen LogP contribution in [-0.2, 0) is 4.79 Å². The van der Waals surface area contributed by atoms with Crippen LogP contribution in [0.5, 0.6) is 5.75 Å². The van der Waals surface area contributed by atoms with Crippen LogP contribution in [0, 0.1) is 11.2 Å². The number of aromatic nitrogens is 1. The minimum atomic E-state index is -0.447. The number of anilines is 1. The molecule has 2 amide bonds. The van der Waals surface area contributed by atoms with E-state index >= 15 is 4.39 Å². The van der Waals surface area contributed by atoms with Gasteiger partial charge in [-0.2, -0.15) is 0 Å². The molecule has 8 nitrogen and oxygen atoms in total. The largest absolute Gasteiger partial charge is 0.489 e. The molecule has 0 aliphatic carbocycles. The molecule has 0 N–H and O–H groups in total. The summed E-state index contributed by atoms with van der Waals surface area (Å²) in [6.45, 7) is 9.77. The molecule has 1 aromatic heterocycles. The van der Waals surface area contributed by atoms with E-state index in [1.807, 2.05) is 0 Å². The van der Waals surface area contributed by atoms with Gasteiger partial charge in [-0.05, 0) is 51.6 Å². The first-order valence-corrected chi connectivity index (χ1v) is 13.9. The molecule has 206 valence electrons. The van der Waals surface area contributed by atoms with Gasteiger partial charge in [-0.15, -0.1) is 0 Å². The fourth-order valence-electron chi connectivity index (χ4n) is 6.87. The lowest BCUT2D eigenvalue weighted by molar-refractivity contribution is -0.128. The Morgan fingerprint density at radius 1 is 1.23 bits per heavy atom. The van der Waals surface area contributed by atoms with Crippen molar-refractivity contribution >= 4 is 29.2 Å². The Hall–Kier alpha value is -3.17. The van der Waals surface area contributed by atoms with Gasteiger partial charge < -0.3 is 24.3 Å². The third-order valence-corrected chi connectivity index (χ3v) is 9.09. The zero-order valence-corrected chi connectivity index (χ0v) is 23.1.